The average molecular weight is 403 g/mol. The second kappa shape index (κ2) is 9.98. The van der Waals surface area contributed by atoms with Gasteiger partial charge >= 0.3 is 0 Å². The summed E-state index contributed by atoms with van der Waals surface area (Å²) in [6.07, 6.45) is 1.23. The molecule has 152 valence electrons. The van der Waals surface area contributed by atoms with E-state index in [1.165, 1.54) is 22.7 Å². The van der Waals surface area contributed by atoms with Crippen molar-refractivity contribution in [2.24, 2.45) is 5.92 Å². The van der Waals surface area contributed by atoms with Crippen LogP contribution in [-0.4, -0.2) is 59.6 Å². The van der Waals surface area contributed by atoms with Crippen LogP contribution in [0.3, 0.4) is 0 Å². The molecule has 1 aromatic heterocycles. The summed E-state index contributed by atoms with van der Waals surface area (Å²) in [6.45, 7) is 10.7. The molecule has 28 heavy (non-hydrogen) atoms. The van der Waals surface area contributed by atoms with Gasteiger partial charge in [-0.2, -0.15) is 4.37 Å². The Morgan fingerprint density at radius 3 is 2.64 bits per heavy atom. The highest BCUT2D eigenvalue weighted by Crippen LogP contribution is 2.21. The average Bonchev–Trinajstić information content (AvgIpc) is 3.15. The Balaban J connectivity index is 1.61. The minimum Gasteiger partial charge on any atom is -0.378 e. The van der Waals surface area contributed by atoms with Crippen LogP contribution in [0.15, 0.2) is 24.3 Å². The maximum absolute atomic E-state index is 12.5. The van der Waals surface area contributed by atoms with Gasteiger partial charge in [-0.05, 0) is 18.4 Å². The van der Waals surface area contributed by atoms with Crippen molar-refractivity contribution in [3.8, 4) is 0 Å². The molecule has 3 rings (SSSR count). The van der Waals surface area contributed by atoms with Crippen molar-refractivity contribution in [1.82, 2.24) is 14.3 Å². The topological polar surface area (TPSA) is 58.6 Å². The Kier molecular flexibility index (Phi) is 7.39. The number of carbonyl (C=O) groups excluding carboxylic acids is 1. The summed E-state index contributed by atoms with van der Waals surface area (Å²) < 4.78 is 9.89. The van der Waals surface area contributed by atoms with Gasteiger partial charge in [0, 0.05) is 50.6 Å². The van der Waals surface area contributed by atoms with E-state index in [0.29, 0.717) is 45.2 Å². The number of carbonyl (C=O) groups is 1. The van der Waals surface area contributed by atoms with Gasteiger partial charge in [-0.3, -0.25) is 4.79 Å². The lowest BCUT2D eigenvalue weighted by Crippen LogP contribution is -2.42. The fourth-order valence-corrected chi connectivity index (χ4v) is 3.96. The van der Waals surface area contributed by atoms with Gasteiger partial charge in [0.05, 0.1) is 13.2 Å². The molecule has 1 aliphatic rings. The summed E-state index contributed by atoms with van der Waals surface area (Å²) in [4.78, 5) is 21.4. The number of ether oxygens (including phenoxy) is 1. The normalized spacial score (nSPS) is 14.5. The number of anilines is 1. The SMILES string of the molecule is Cc1ccc(Cc2nsc(N(CCC(=O)N3CCOCC3)CC(C)C)n2)cc1. The third-order valence-electron chi connectivity index (χ3n) is 4.76. The first kappa shape index (κ1) is 20.7. The summed E-state index contributed by atoms with van der Waals surface area (Å²) in [5, 5.41) is 0.908. The van der Waals surface area contributed by atoms with Gasteiger partial charge in [0.2, 0.25) is 11.0 Å². The highest BCUT2D eigenvalue weighted by molar-refractivity contribution is 7.09. The van der Waals surface area contributed by atoms with Crippen molar-refractivity contribution >= 4 is 22.6 Å². The van der Waals surface area contributed by atoms with Gasteiger partial charge < -0.3 is 14.5 Å². The van der Waals surface area contributed by atoms with Crippen molar-refractivity contribution in [3.63, 3.8) is 0 Å². The van der Waals surface area contributed by atoms with Crippen LogP contribution in [0.5, 0.6) is 0 Å². The summed E-state index contributed by atoms with van der Waals surface area (Å²) in [6, 6.07) is 8.49. The Morgan fingerprint density at radius 1 is 1.25 bits per heavy atom. The van der Waals surface area contributed by atoms with Crippen LogP contribution in [0.1, 0.15) is 37.2 Å². The number of morpholine rings is 1. The predicted molar refractivity (Wildman–Crippen MR) is 113 cm³/mol. The molecular weight excluding hydrogens is 372 g/mol. The summed E-state index contributed by atoms with van der Waals surface area (Å²) in [5.74, 6) is 1.53. The van der Waals surface area contributed by atoms with E-state index in [4.69, 9.17) is 9.72 Å². The molecule has 6 nitrogen and oxygen atoms in total. The fraction of sp³-hybridized carbons (Fsp3) is 0.571. The quantitative estimate of drug-likeness (QED) is 0.679. The zero-order valence-electron chi connectivity index (χ0n) is 17.1. The van der Waals surface area contributed by atoms with E-state index >= 15 is 0 Å². The number of hydrogen-bond acceptors (Lipinski definition) is 6. The van der Waals surface area contributed by atoms with Crippen LogP contribution in [-0.2, 0) is 16.0 Å². The molecule has 2 aromatic rings. The molecule has 2 heterocycles. The molecule has 7 heteroatoms. The van der Waals surface area contributed by atoms with E-state index in [0.717, 1.165) is 23.9 Å². The molecule has 0 N–H and O–H groups in total. The molecule has 1 amide bonds. The number of amides is 1. The van der Waals surface area contributed by atoms with Gasteiger partial charge in [0.1, 0.15) is 5.82 Å². The van der Waals surface area contributed by atoms with Crippen molar-refractivity contribution in [2.45, 2.75) is 33.6 Å². The highest BCUT2D eigenvalue weighted by atomic mass is 32.1. The Hall–Kier alpha value is -1.99. The molecule has 1 fully saturated rings. The first-order chi connectivity index (χ1) is 13.5. The molecular formula is C21H30N4O2S. The van der Waals surface area contributed by atoms with Gasteiger partial charge in [0.25, 0.3) is 0 Å². The first-order valence-corrected chi connectivity index (χ1v) is 10.8. The van der Waals surface area contributed by atoms with Gasteiger partial charge in [-0.25, -0.2) is 4.98 Å². The van der Waals surface area contributed by atoms with Crippen LogP contribution in [0, 0.1) is 12.8 Å². The van der Waals surface area contributed by atoms with Crippen LogP contribution in [0.2, 0.25) is 0 Å². The number of rotatable bonds is 8. The molecule has 1 saturated heterocycles. The molecule has 0 saturated carbocycles. The molecule has 0 bridgehead atoms. The second-order valence-electron chi connectivity index (χ2n) is 7.74. The molecule has 1 aromatic carbocycles. The summed E-state index contributed by atoms with van der Waals surface area (Å²) in [7, 11) is 0. The zero-order chi connectivity index (χ0) is 19.9. The monoisotopic (exact) mass is 402 g/mol. The molecule has 0 radical (unpaired) electrons. The van der Waals surface area contributed by atoms with Gasteiger partial charge in [-0.1, -0.05) is 43.7 Å². The maximum Gasteiger partial charge on any atom is 0.224 e. The molecule has 0 unspecified atom stereocenters. The lowest BCUT2D eigenvalue weighted by molar-refractivity contribution is -0.135. The molecule has 0 spiro atoms. The zero-order valence-corrected chi connectivity index (χ0v) is 17.9. The van der Waals surface area contributed by atoms with Crippen LogP contribution in [0.25, 0.3) is 0 Å². The van der Waals surface area contributed by atoms with Crippen molar-refractivity contribution < 1.29 is 9.53 Å². The van der Waals surface area contributed by atoms with Gasteiger partial charge in [-0.15, -0.1) is 0 Å². The van der Waals surface area contributed by atoms with Crippen LogP contribution < -0.4 is 4.90 Å². The van der Waals surface area contributed by atoms with E-state index in [-0.39, 0.29) is 5.91 Å². The lowest BCUT2D eigenvalue weighted by atomic mass is 10.1. The van der Waals surface area contributed by atoms with Crippen molar-refractivity contribution in [3.05, 3.63) is 41.2 Å². The van der Waals surface area contributed by atoms with Crippen molar-refractivity contribution in [1.29, 1.82) is 0 Å². The molecule has 0 atom stereocenters. The molecule has 1 aliphatic heterocycles. The Morgan fingerprint density at radius 2 is 1.96 bits per heavy atom. The third kappa shape index (κ3) is 6.01. The highest BCUT2D eigenvalue weighted by Gasteiger charge is 2.20. The van der Waals surface area contributed by atoms with E-state index in [2.05, 4.69) is 54.3 Å². The fourth-order valence-electron chi connectivity index (χ4n) is 3.24. The summed E-state index contributed by atoms with van der Waals surface area (Å²) in [5.41, 5.74) is 2.47. The summed E-state index contributed by atoms with van der Waals surface area (Å²) >= 11 is 1.43. The smallest absolute Gasteiger partial charge is 0.224 e. The Labute approximate surface area is 171 Å². The third-order valence-corrected chi connectivity index (χ3v) is 5.57. The van der Waals surface area contributed by atoms with Gasteiger partial charge in [0.15, 0.2) is 0 Å². The number of nitrogens with zero attached hydrogens (tertiary/aromatic N) is 4. The largest absolute Gasteiger partial charge is 0.378 e. The first-order valence-electron chi connectivity index (χ1n) is 10.00. The maximum atomic E-state index is 12.5. The standard InChI is InChI=1S/C21H30N4O2S/c1-16(2)15-25(9-8-20(26)24-10-12-27-13-11-24)21-22-19(23-28-21)14-18-6-4-17(3)5-7-18/h4-7,16H,8-15H2,1-3H3. The predicted octanol–water partition coefficient (Wildman–Crippen LogP) is 3.15. The minimum absolute atomic E-state index is 0.196. The van der Waals surface area contributed by atoms with E-state index in [9.17, 15) is 4.79 Å². The molecule has 0 aliphatic carbocycles. The van der Waals surface area contributed by atoms with E-state index < -0.39 is 0 Å². The van der Waals surface area contributed by atoms with E-state index in [1.54, 1.807) is 0 Å². The lowest BCUT2D eigenvalue weighted by Gasteiger charge is -2.28. The van der Waals surface area contributed by atoms with Crippen LogP contribution in [0.4, 0.5) is 5.13 Å². The Bertz CT molecular complexity index is 754. The number of benzene rings is 1. The van der Waals surface area contributed by atoms with E-state index in [1.807, 2.05) is 4.90 Å². The second-order valence-corrected chi connectivity index (χ2v) is 8.47. The number of aryl methyl sites for hydroxylation is 1. The number of hydrogen-bond donors (Lipinski definition) is 0. The van der Waals surface area contributed by atoms with Crippen LogP contribution >= 0.6 is 11.5 Å². The minimum atomic E-state index is 0.196. The van der Waals surface area contributed by atoms with Crippen molar-refractivity contribution in [2.75, 3.05) is 44.3 Å². The number of aromatic nitrogens is 2.